The number of hydrogen-bond donors (Lipinski definition) is 2. The Morgan fingerprint density at radius 1 is 1.08 bits per heavy atom. The molecule has 7 heteroatoms. The van der Waals surface area contributed by atoms with Gasteiger partial charge in [-0.2, -0.15) is 13.2 Å². The van der Waals surface area contributed by atoms with Crippen LogP contribution in [-0.2, 0) is 6.42 Å². The molecule has 0 unspecified atom stereocenters. The van der Waals surface area contributed by atoms with Crippen LogP contribution in [0.1, 0.15) is 23.1 Å². The van der Waals surface area contributed by atoms with Crippen molar-refractivity contribution in [2.45, 2.75) is 32.9 Å². The van der Waals surface area contributed by atoms with Crippen LogP contribution in [0.4, 0.5) is 13.2 Å². The van der Waals surface area contributed by atoms with Gasteiger partial charge >= 0.3 is 6.18 Å². The van der Waals surface area contributed by atoms with Crippen molar-refractivity contribution in [2.75, 3.05) is 40.3 Å². The van der Waals surface area contributed by atoms with Crippen molar-refractivity contribution in [3.8, 4) is 0 Å². The van der Waals surface area contributed by atoms with Gasteiger partial charge in [0.05, 0.1) is 6.54 Å². The fraction of sp³-hybridized carbons (Fsp3) is 0.611. The third-order valence-corrected chi connectivity index (χ3v) is 3.67. The minimum atomic E-state index is -4.14. The lowest BCUT2D eigenvalue weighted by molar-refractivity contribution is -0.143. The second-order valence-corrected chi connectivity index (χ2v) is 6.38. The van der Waals surface area contributed by atoms with E-state index in [2.05, 4.69) is 47.7 Å². The van der Waals surface area contributed by atoms with Crippen molar-refractivity contribution in [1.29, 1.82) is 0 Å². The van der Waals surface area contributed by atoms with E-state index in [1.165, 1.54) is 28.6 Å². The molecule has 1 aromatic carbocycles. The number of benzene rings is 1. The largest absolute Gasteiger partial charge is 0.401 e. The van der Waals surface area contributed by atoms with Crippen molar-refractivity contribution in [2.24, 2.45) is 4.99 Å². The van der Waals surface area contributed by atoms with Gasteiger partial charge in [0.1, 0.15) is 0 Å². The average molecular weight is 358 g/mol. The van der Waals surface area contributed by atoms with Crippen molar-refractivity contribution in [3.63, 3.8) is 0 Å². The number of nitrogens with one attached hydrogen (secondary N) is 2. The molecule has 142 valence electrons. The molecule has 0 amide bonds. The van der Waals surface area contributed by atoms with Gasteiger partial charge in [-0.3, -0.25) is 9.89 Å². The molecule has 0 saturated heterocycles. The molecule has 0 spiro atoms. The second kappa shape index (κ2) is 10.3. The van der Waals surface area contributed by atoms with Gasteiger partial charge in [-0.25, -0.2) is 0 Å². The predicted octanol–water partition coefficient (Wildman–Crippen LogP) is 2.90. The van der Waals surface area contributed by atoms with Crippen LogP contribution < -0.4 is 10.6 Å². The van der Waals surface area contributed by atoms with Crippen LogP contribution in [0.2, 0.25) is 0 Å². The summed E-state index contributed by atoms with van der Waals surface area (Å²) in [6.45, 7) is 4.99. The normalized spacial score (nSPS) is 12.6. The number of halogens is 3. The van der Waals surface area contributed by atoms with E-state index in [-0.39, 0.29) is 0 Å². The van der Waals surface area contributed by atoms with E-state index in [0.29, 0.717) is 25.5 Å². The maximum absolute atomic E-state index is 12.2. The fourth-order valence-corrected chi connectivity index (χ4v) is 2.70. The zero-order valence-corrected chi connectivity index (χ0v) is 15.5. The van der Waals surface area contributed by atoms with Crippen LogP contribution in [0.3, 0.4) is 0 Å². The maximum Gasteiger partial charge on any atom is 0.401 e. The highest BCUT2D eigenvalue weighted by molar-refractivity contribution is 5.79. The molecule has 1 aromatic rings. The number of hydrogen-bond acceptors (Lipinski definition) is 2. The van der Waals surface area contributed by atoms with Crippen LogP contribution in [0.25, 0.3) is 0 Å². The molecule has 0 saturated carbocycles. The van der Waals surface area contributed by atoms with Gasteiger partial charge in [-0.15, -0.1) is 0 Å². The van der Waals surface area contributed by atoms with Crippen molar-refractivity contribution in [3.05, 3.63) is 34.9 Å². The highest BCUT2D eigenvalue weighted by atomic mass is 19.4. The van der Waals surface area contributed by atoms with Crippen molar-refractivity contribution in [1.82, 2.24) is 15.5 Å². The van der Waals surface area contributed by atoms with Crippen LogP contribution in [0.5, 0.6) is 0 Å². The lowest BCUT2D eigenvalue weighted by Crippen LogP contribution is -2.40. The third-order valence-electron chi connectivity index (χ3n) is 3.67. The SMILES string of the molecule is CN=C(NCCCN(C)CC(F)(F)F)NCCc1cc(C)cc(C)c1. The van der Waals surface area contributed by atoms with E-state index in [0.717, 1.165) is 13.0 Å². The minimum absolute atomic E-state index is 0.381. The van der Waals surface area contributed by atoms with Gasteiger partial charge < -0.3 is 10.6 Å². The van der Waals surface area contributed by atoms with Crippen LogP contribution in [0, 0.1) is 13.8 Å². The summed E-state index contributed by atoms with van der Waals surface area (Å²) in [5.74, 6) is 0.669. The molecule has 0 aromatic heterocycles. The molecule has 1 rings (SSSR count). The monoisotopic (exact) mass is 358 g/mol. The van der Waals surface area contributed by atoms with E-state index < -0.39 is 12.7 Å². The average Bonchev–Trinajstić information content (AvgIpc) is 2.46. The second-order valence-electron chi connectivity index (χ2n) is 6.38. The topological polar surface area (TPSA) is 39.7 Å². The lowest BCUT2D eigenvalue weighted by atomic mass is 10.1. The number of nitrogens with zero attached hydrogens (tertiary/aromatic N) is 2. The third kappa shape index (κ3) is 9.96. The molecule has 0 aliphatic carbocycles. The van der Waals surface area contributed by atoms with Gasteiger partial charge in [0.25, 0.3) is 0 Å². The van der Waals surface area contributed by atoms with E-state index in [1.54, 1.807) is 7.05 Å². The number of alkyl halides is 3. The molecule has 2 N–H and O–H groups in total. The Balaban J connectivity index is 2.24. The molecule has 0 radical (unpaired) electrons. The Morgan fingerprint density at radius 2 is 1.68 bits per heavy atom. The van der Waals surface area contributed by atoms with E-state index in [4.69, 9.17) is 0 Å². The Labute approximate surface area is 148 Å². The number of rotatable bonds is 8. The van der Waals surface area contributed by atoms with Crippen molar-refractivity contribution >= 4 is 5.96 Å². The molecule has 4 nitrogen and oxygen atoms in total. The Hall–Kier alpha value is -1.76. The van der Waals surface area contributed by atoms with Crippen LogP contribution in [-0.4, -0.2) is 57.3 Å². The molecule has 0 heterocycles. The fourth-order valence-electron chi connectivity index (χ4n) is 2.70. The molecule has 0 atom stereocenters. The van der Waals surface area contributed by atoms with Crippen LogP contribution >= 0.6 is 0 Å². The van der Waals surface area contributed by atoms with E-state index >= 15 is 0 Å². The lowest BCUT2D eigenvalue weighted by Gasteiger charge is -2.19. The first-order valence-corrected chi connectivity index (χ1v) is 8.46. The molecule has 0 bridgehead atoms. The highest BCUT2D eigenvalue weighted by Crippen LogP contribution is 2.15. The summed E-state index contributed by atoms with van der Waals surface area (Å²) >= 11 is 0. The molecule has 0 fully saturated rings. The smallest absolute Gasteiger partial charge is 0.356 e. The minimum Gasteiger partial charge on any atom is -0.356 e. The number of aryl methyl sites for hydroxylation is 2. The van der Waals surface area contributed by atoms with E-state index in [1.807, 2.05) is 0 Å². The summed E-state index contributed by atoms with van der Waals surface area (Å²) in [6.07, 6.45) is -2.64. The molecule has 0 aliphatic heterocycles. The Morgan fingerprint density at radius 3 is 2.24 bits per heavy atom. The van der Waals surface area contributed by atoms with Gasteiger partial charge in [0.2, 0.25) is 0 Å². The number of aliphatic imine (C=N–C) groups is 1. The molecule has 0 aliphatic rings. The zero-order chi connectivity index (χ0) is 18.9. The summed E-state index contributed by atoms with van der Waals surface area (Å²) in [5.41, 5.74) is 3.77. The summed E-state index contributed by atoms with van der Waals surface area (Å²) in [7, 11) is 3.16. The first kappa shape index (κ1) is 21.3. The van der Waals surface area contributed by atoms with Gasteiger partial charge in [-0.05, 0) is 45.8 Å². The van der Waals surface area contributed by atoms with Crippen LogP contribution in [0.15, 0.2) is 23.2 Å². The maximum atomic E-state index is 12.2. The zero-order valence-electron chi connectivity index (χ0n) is 15.5. The number of guanidine groups is 1. The summed E-state index contributed by atoms with van der Waals surface area (Å²) in [5, 5.41) is 6.36. The van der Waals surface area contributed by atoms with Gasteiger partial charge in [-0.1, -0.05) is 29.3 Å². The van der Waals surface area contributed by atoms with Crippen molar-refractivity contribution < 1.29 is 13.2 Å². The highest BCUT2D eigenvalue weighted by Gasteiger charge is 2.28. The quantitative estimate of drug-likeness (QED) is 0.426. The van der Waals surface area contributed by atoms with E-state index in [9.17, 15) is 13.2 Å². The summed E-state index contributed by atoms with van der Waals surface area (Å²) in [6, 6.07) is 6.48. The predicted molar refractivity (Wildman–Crippen MR) is 97.2 cm³/mol. The van der Waals surface area contributed by atoms with Gasteiger partial charge in [0, 0.05) is 20.1 Å². The Bertz CT molecular complexity index is 535. The Kier molecular flexibility index (Phi) is 8.75. The summed E-state index contributed by atoms with van der Waals surface area (Å²) < 4.78 is 36.7. The molecular formula is C18H29F3N4. The first-order chi connectivity index (χ1) is 11.7. The standard InChI is InChI=1S/C18H29F3N4/c1-14-10-15(2)12-16(11-14)6-8-24-17(22-3)23-7-5-9-25(4)13-18(19,20)21/h10-12H,5-9,13H2,1-4H3,(H2,22,23,24). The molecular weight excluding hydrogens is 329 g/mol. The van der Waals surface area contributed by atoms with Gasteiger partial charge in [0.15, 0.2) is 5.96 Å². The first-order valence-electron chi connectivity index (χ1n) is 8.46. The summed E-state index contributed by atoms with van der Waals surface area (Å²) in [4.78, 5) is 5.41. The molecule has 25 heavy (non-hydrogen) atoms.